The number of carboxylic acids is 2. The Kier molecular flexibility index (Phi) is 9.27. The third kappa shape index (κ3) is 7.97. The summed E-state index contributed by atoms with van der Waals surface area (Å²) in [5, 5.41) is 18.3. The lowest BCUT2D eigenvalue weighted by molar-refractivity contribution is -0.154. The van der Waals surface area contributed by atoms with Crippen molar-refractivity contribution in [2.75, 3.05) is 6.54 Å². The largest absolute Gasteiger partial charge is 0.481 e. The van der Waals surface area contributed by atoms with E-state index in [2.05, 4.69) is 0 Å². The topological polar surface area (TPSA) is 202 Å². The predicted octanol–water partition coefficient (Wildman–Crippen LogP) is -1.83. The van der Waals surface area contributed by atoms with Crippen LogP contribution in [0.25, 0.3) is 0 Å². The maximum atomic E-state index is 12.3. The molecule has 0 heterocycles. The van der Waals surface area contributed by atoms with E-state index in [9.17, 15) is 24.3 Å². The zero-order chi connectivity index (χ0) is 18.0. The number of unbranched alkanes of at least 4 members (excludes halogenated alkanes) is 1. The van der Waals surface area contributed by atoms with Gasteiger partial charge < -0.3 is 27.4 Å². The lowest BCUT2D eigenvalue weighted by Gasteiger charge is -2.30. The van der Waals surface area contributed by atoms with Crippen molar-refractivity contribution in [3.8, 4) is 0 Å². The first-order chi connectivity index (χ1) is 10.7. The van der Waals surface area contributed by atoms with Gasteiger partial charge in [0.25, 0.3) is 5.91 Å². The number of nitrogens with zero attached hydrogens (tertiary/aromatic N) is 1. The van der Waals surface area contributed by atoms with Crippen molar-refractivity contribution in [1.29, 1.82) is 0 Å². The Morgan fingerprint density at radius 3 is 2.13 bits per heavy atom. The standard InChI is InChI=1S/C12H23N5O6/c13-6-2-1-3-7(14)10(20)17(16-12(15)23)8(11(21)22)4-5-9(18)19/h7-8H,1-6,13-14H2,(H,18,19)(H,21,22)(H3,15,16,23)/t7-,8-/m0/s1. The lowest BCUT2D eigenvalue weighted by Crippen LogP contribution is -2.60. The van der Waals surface area contributed by atoms with Crippen LogP contribution >= 0.6 is 0 Å². The Morgan fingerprint density at radius 1 is 1.09 bits per heavy atom. The third-order valence-corrected chi connectivity index (χ3v) is 2.98. The first-order valence-electron chi connectivity index (χ1n) is 7.00. The summed E-state index contributed by atoms with van der Waals surface area (Å²) in [6, 6.07) is -3.82. The number of primary amides is 1. The molecule has 0 aromatic carbocycles. The fourth-order valence-corrected chi connectivity index (χ4v) is 1.84. The highest BCUT2D eigenvalue weighted by molar-refractivity contribution is 5.89. The van der Waals surface area contributed by atoms with Gasteiger partial charge >= 0.3 is 18.0 Å². The van der Waals surface area contributed by atoms with Crippen molar-refractivity contribution >= 4 is 23.9 Å². The average molecular weight is 333 g/mol. The van der Waals surface area contributed by atoms with Crippen LogP contribution in [0, 0.1) is 0 Å². The van der Waals surface area contributed by atoms with E-state index in [1.807, 2.05) is 5.43 Å². The van der Waals surface area contributed by atoms with Gasteiger partial charge in [0, 0.05) is 6.42 Å². The monoisotopic (exact) mass is 333 g/mol. The summed E-state index contributed by atoms with van der Waals surface area (Å²) in [5.41, 5.74) is 17.9. The minimum absolute atomic E-state index is 0.234. The quantitative estimate of drug-likeness (QED) is 0.198. The number of nitrogens with one attached hydrogen (secondary N) is 1. The highest BCUT2D eigenvalue weighted by atomic mass is 16.4. The number of hydrazine groups is 1. The van der Waals surface area contributed by atoms with Crippen LogP contribution in [0.4, 0.5) is 4.79 Å². The van der Waals surface area contributed by atoms with Crippen LogP contribution in [0.1, 0.15) is 32.1 Å². The molecule has 2 atom stereocenters. The maximum absolute atomic E-state index is 12.3. The summed E-state index contributed by atoms with van der Waals surface area (Å²) >= 11 is 0. The molecular weight excluding hydrogens is 310 g/mol. The molecule has 132 valence electrons. The summed E-state index contributed by atoms with van der Waals surface area (Å²) in [7, 11) is 0. The van der Waals surface area contributed by atoms with Gasteiger partial charge in [-0.2, -0.15) is 0 Å². The highest BCUT2D eigenvalue weighted by Crippen LogP contribution is 2.10. The maximum Gasteiger partial charge on any atom is 0.331 e. The number of rotatable bonds is 10. The molecule has 11 nitrogen and oxygen atoms in total. The van der Waals surface area contributed by atoms with Crippen LogP contribution in [0.5, 0.6) is 0 Å². The van der Waals surface area contributed by atoms with Gasteiger partial charge in [0.2, 0.25) is 0 Å². The number of hydrogen-bond acceptors (Lipinski definition) is 6. The summed E-state index contributed by atoms with van der Waals surface area (Å²) in [4.78, 5) is 45.2. The molecule has 3 amide bonds. The molecule has 0 unspecified atom stereocenters. The molecule has 9 N–H and O–H groups in total. The highest BCUT2D eigenvalue weighted by Gasteiger charge is 2.33. The Hall–Kier alpha value is -2.40. The number of carboxylic acid groups (broad SMARTS) is 2. The van der Waals surface area contributed by atoms with Crippen LogP contribution in [-0.4, -0.2) is 57.7 Å². The second-order valence-corrected chi connectivity index (χ2v) is 4.86. The Balaban J connectivity index is 5.12. The molecular formula is C12H23N5O6. The molecule has 0 aliphatic heterocycles. The fraction of sp³-hybridized carbons (Fsp3) is 0.667. The summed E-state index contributed by atoms with van der Waals surface area (Å²) in [5.74, 6) is -3.59. The molecule has 0 radical (unpaired) electrons. The number of hydrogen-bond donors (Lipinski definition) is 6. The molecule has 0 aromatic heterocycles. The summed E-state index contributed by atoms with van der Waals surface area (Å²) < 4.78 is 0. The van der Waals surface area contributed by atoms with Crippen molar-refractivity contribution in [2.45, 2.75) is 44.2 Å². The summed E-state index contributed by atoms with van der Waals surface area (Å²) in [6.07, 6.45) is 0.486. The molecule has 23 heavy (non-hydrogen) atoms. The molecule has 0 rings (SSSR count). The molecule has 0 spiro atoms. The van der Waals surface area contributed by atoms with E-state index >= 15 is 0 Å². The fourth-order valence-electron chi connectivity index (χ4n) is 1.84. The zero-order valence-electron chi connectivity index (χ0n) is 12.6. The number of amides is 3. The van der Waals surface area contributed by atoms with E-state index in [-0.39, 0.29) is 6.42 Å². The molecule has 0 aliphatic carbocycles. The van der Waals surface area contributed by atoms with Crippen LogP contribution in [0.2, 0.25) is 0 Å². The van der Waals surface area contributed by atoms with Crippen molar-refractivity contribution < 1.29 is 29.4 Å². The number of aliphatic carboxylic acids is 2. The lowest BCUT2D eigenvalue weighted by atomic mass is 10.1. The van der Waals surface area contributed by atoms with E-state index < -0.39 is 48.8 Å². The van der Waals surface area contributed by atoms with Gasteiger partial charge in [-0.25, -0.2) is 20.0 Å². The Bertz CT molecular complexity index is 444. The zero-order valence-corrected chi connectivity index (χ0v) is 12.6. The molecule has 0 bridgehead atoms. The van der Waals surface area contributed by atoms with Gasteiger partial charge in [-0.3, -0.25) is 9.59 Å². The smallest absolute Gasteiger partial charge is 0.331 e. The molecule has 0 fully saturated rings. The van der Waals surface area contributed by atoms with Crippen molar-refractivity contribution in [2.24, 2.45) is 17.2 Å². The van der Waals surface area contributed by atoms with Gasteiger partial charge in [-0.15, -0.1) is 0 Å². The first kappa shape index (κ1) is 20.6. The van der Waals surface area contributed by atoms with Crippen molar-refractivity contribution in [3.05, 3.63) is 0 Å². The Morgan fingerprint density at radius 2 is 1.70 bits per heavy atom. The van der Waals surface area contributed by atoms with Gasteiger partial charge in [0.15, 0.2) is 6.04 Å². The van der Waals surface area contributed by atoms with Gasteiger partial charge in [0.05, 0.1) is 6.04 Å². The van der Waals surface area contributed by atoms with Gasteiger partial charge in [0.1, 0.15) is 0 Å². The minimum Gasteiger partial charge on any atom is -0.481 e. The van der Waals surface area contributed by atoms with E-state index in [0.717, 1.165) is 0 Å². The second kappa shape index (κ2) is 10.3. The molecule has 0 aromatic rings. The predicted molar refractivity (Wildman–Crippen MR) is 78.7 cm³/mol. The van der Waals surface area contributed by atoms with Crippen LogP contribution < -0.4 is 22.6 Å². The Labute approximate surface area is 132 Å². The SMILES string of the molecule is NCCCC[C@H](N)C(=O)N(NC(N)=O)[C@@H](CCC(=O)O)C(=O)O. The van der Waals surface area contributed by atoms with E-state index in [1.54, 1.807) is 0 Å². The van der Waals surface area contributed by atoms with E-state index in [1.165, 1.54) is 0 Å². The normalized spacial score (nSPS) is 13.0. The van der Waals surface area contributed by atoms with Crippen LogP contribution in [-0.2, 0) is 14.4 Å². The molecule has 0 aliphatic rings. The molecule has 11 heteroatoms. The van der Waals surface area contributed by atoms with Gasteiger partial charge in [-0.1, -0.05) is 6.42 Å². The average Bonchev–Trinajstić information content (AvgIpc) is 2.44. The molecule has 0 saturated carbocycles. The third-order valence-electron chi connectivity index (χ3n) is 2.98. The van der Waals surface area contributed by atoms with Crippen molar-refractivity contribution in [1.82, 2.24) is 10.4 Å². The van der Waals surface area contributed by atoms with Crippen LogP contribution in [0.15, 0.2) is 0 Å². The van der Waals surface area contributed by atoms with Crippen molar-refractivity contribution in [3.63, 3.8) is 0 Å². The number of carbonyl (C=O) groups is 4. The number of urea groups is 1. The van der Waals surface area contributed by atoms with Crippen LogP contribution in [0.3, 0.4) is 0 Å². The number of carbonyl (C=O) groups excluding carboxylic acids is 2. The summed E-state index contributed by atoms with van der Waals surface area (Å²) in [6.45, 7) is 0.417. The second-order valence-electron chi connectivity index (χ2n) is 4.86. The van der Waals surface area contributed by atoms with E-state index in [4.69, 9.17) is 22.3 Å². The first-order valence-corrected chi connectivity index (χ1v) is 7.00. The number of nitrogens with two attached hydrogens (primary N) is 3. The minimum atomic E-state index is -1.59. The van der Waals surface area contributed by atoms with E-state index in [0.29, 0.717) is 24.4 Å². The van der Waals surface area contributed by atoms with Gasteiger partial charge in [-0.05, 0) is 25.8 Å². The molecule has 0 saturated heterocycles.